The number of hydrogen-bond donors (Lipinski definition) is 3. The highest BCUT2D eigenvalue weighted by atomic mass is 32.2. The van der Waals surface area contributed by atoms with E-state index in [-0.39, 0.29) is 17.8 Å². The summed E-state index contributed by atoms with van der Waals surface area (Å²) >= 11 is 0. The predicted molar refractivity (Wildman–Crippen MR) is 70.5 cm³/mol. The lowest BCUT2D eigenvalue weighted by molar-refractivity contribution is 0.264. The van der Waals surface area contributed by atoms with E-state index in [1.54, 1.807) is 0 Å². The summed E-state index contributed by atoms with van der Waals surface area (Å²) < 4.78 is 28.7. The van der Waals surface area contributed by atoms with E-state index in [2.05, 4.69) is 4.72 Å². The van der Waals surface area contributed by atoms with Crippen molar-refractivity contribution in [1.82, 2.24) is 9.03 Å². The molecule has 0 aromatic carbocycles. The van der Waals surface area contributed by atoms with Crippen molar-refractivity contribution >= 4 is 16.0 Å². The molecule has 7 heteroatoms. The molecule has 18 heavy (non-hydrogen) atoms. The van der Waals surface area contributed by atoms with Crippen molar-refractivity contribution in [2.75, 3.05) is 6.54 Å². The molecule has 2 unspecified atom stereocenters. The molecule has 1 aliphatic carbocycles. The van der Waals surface area contributed by atoms with Gasteiger partial charge in [0.2, 0.25) is 0 Å². The van der Waals surface area contributed by atoms with Gasteiger partial charge < -0.3 is 5.73 Å². The number of nitrogens with one attached hydrogen (secondary N) is 2. The minimum Gasteiger partial charge on any atom is -0.386 e. The van der Waals surface area contributed by atoms with Crippen LogP contribution in [0.4, 0.5) is 0 Å². The molecule has 0 amide bonds. The summed E-state index contributed by atoms with van der Waals surface area (Å²) in [4.78, 5) is 0. The average Bonchev–Trinajstić information content (AvgIpc) is 3.10. The zero-order chi connectivity index (χ0) is 13.3. The molecule has 2 rings (SSSR count). The molecule has 1 aliphatic heterocycles. The Balaban J connectivity index is 2.07. The van der Waals surface area contributed by atoms with Gasteiger partial charge in [0.15, 0.2) is 0 Å². The molecule has 0 bridgehead atoms. The molecule has 1 saturated heterocycles. The summed E-state index contributed by atoms with van der Waals surface area (Å²) in [6.07, 6.45) is 4.77. The highest BCUT2D eigenvalue weighted by Crippen LogP contribution is 2.33. The second kappa shape index (κ2) is 5.14. The summed E-state index contributed by atoms with van der Waals surface area (Å²) in [5.41, 5.74) is 5.49. The Morgan fingerprint density at radius 3 is 2.56 bits per heavy atom. The molecule has 2 atom stereocenters. The lowest BCUT2D eigenvalue weighted by atomic mass is 10.1. The quantitative estimate of drug-likeness (QED) is 0.500. The topological polar surface area (TPSA) is 99.3 Å². The fraction of sp³-hybridized carbons (Fsp3) is 0.909. The Hall–Kier alpha value is -0.660. The summed E-state index contributed by atoms with van der Waals surface area (Å²) in [7, 11) is -3.52. The van der Waals surface area contributed by atoms with Crippen LogP contribution in [0.3, 0.4) is 0 Å². The maximum absolute atomic E-state index is 12.3. The predicted octanol–water partition coefficient (Wildman–Crippen LogP) is 0.410. The summed E-state index contributed by atoms with van der Waals surface area (Å²) in [5.74, 6) is 0.128. The van der Waals surface area contributed by atoms with Gasteiger partial charge in [-0.3, -0.25) is 5.41 Å². The van der Waals surface area contributed by atoms with Crippen LogP contribution < -0.4 is 10.5 Å². The Morgan fingerprint density at radius 2 is 2.06 bits per heavy atom. The van der Waals surface area contributed by atoms with Crippen molar-refractivity contribution < 1.29 is 8.42 Å². The SMILES string of the molecule is CC1CCCCN1S(=O)(=O)NC(C(=N)N)C1CC1. The van der Waals surface area contributed by atoms with E-state index in [4.69, 9.17) is 11.1 Å². The zero-order valence-electron chi connectivity index (χ0n) is 10.7. The maximum atomic E-state index is 12.3. The first kappa shape index (κ1) is 13.8. The summed E-state index contributed by atoms with van der Waals surface area (Å²) in [6.45, 7) is 2.49. The Morgan fingerprint density at radius 1 is 1.39 bits per heavy atom. The molecule has 0 aromatic rings. The smallest absolute Gasteiger partial charge is 0.280 e. The van der Waals surface area contributed by atoms with Gasteiger partial charge in [-0.25, -0.2) is 0 Å². The minimum atomic E-state index is -3.52. The molecule has 1 saturated carbocycles. The average molecular weight is 274 g/mol. The van der Waals surface area contributed by atoms with Crippen LogP contribution in [0.1, 0.15) is 39.0 Å². The monoisotopic (exact) mass is 274 g/mol. The fourth-order valence-corrected chi connectivity index (χ4v) is 4.22. The molecule has 0 radical (unpaired) electrons. The Bertz CT molecular complexity index is 419. The first-order valence-corrected chi connectivity index (χ1v) is 7.99. The number of hydrogen-bond acceptors (Lipinski definition) is 3. The van der Waals surface area contributed by atoms with Gasteiger partial charge >= 0.3 is 0 Å². The van der Waals surface area contributed by atoms with Crippen molar-refractivity contribution in [3.63, 3.8) is 0 Å². The van der Waals surface area contributed by atoms with Gasteiger partial charge in [0.1, 0.15) is 5.84 Å². The third-order valence-corrected chi connectivity index (χ3v) is 5.47. The molecular weight excluding hydrogens is 252 g/mol. The normalized spacial score (nSPS) is 27.9. The number of nitrogens with two attached hydrogens (primary N) is 1. The molecule has 1 heterocycles. The lowest BCUT2D eigenvalue weighted by Crippen LogP contribution is -2.54. The van der Waals surface area contributed by atoms with Gasteiger partial charge in [-0.1, -0.05) is 6.42 Å². The van der Waals surface area contributed by atoms with E-state index in [1.807, 2.05) is 6.92 Å². The van der Waals surface area contributed by atoms with E-state index in [9.17, 15) is 8.42 Å². The van der Waals surface area contributed by atoms with Crippen molar-refractivity contribution in [1.29, 1.82) is 5.41 Å². The second-order valence-corrected chi connectivity index (χ2v) is 7.00. The van der Waals surface area contributed by atoms with Crippen LogP contribution in [0.5, 0.6) is 0 Å². The van der Waals surface area contributed by atoms with Crippen molar-refractivity contribution in [2.45, 2.75) is 51.1 Å². The van der Waals surface area contributed by atoms with Crippen molar-refractivity contribution in [3.8, 4) is 0 Å². The lowest BCUT2D eigenvalue weighted by Gasteiger charge is -2.33. The van der Waals surface area contributed by atoms with Gasteiger partial charge in [0.25, 0.3) is 10.2 Å². The number of nitrogens with zero attached hydrogens (tertiary/aromatic N) is 1. The van der Waals surface area contributed by atoms with Crippen LogP contribution in [0, 0.1) is 11.3 Å². The van der Waals surface area contributed by atoms with Crippen LogP contribution in [0.2, 0.25) is 0 Å². The number of amidine groups is 1. The maximum Gasteiger partial charge on any atom is 0.280 e. The van der Waals surface area contributed by atoms with Crippen LogP contribution in [0.25, 0.3) is 0 Å². The first-order valence-electron chi connectivity index (χ1n) is 6.55. The van der Waals surface area contributed by atoms with E-state index < -0.39 is 16.3 Å². The van der Waals surface area contributed by atoms with Gasteiger partial charge in [0, 0.05) is 12.6 Å². The third kappa shape index (κ3) is 3.02. The van der Waals surface area contributed by atoms with Crippen molar-refractivity contribution in [2.24, 2.45) is 11.7 Å². The molecular formula is C11H22N4O2S. The fourth-order valence-electron chi connectivity index (χ4n) is 2.50. The van der Waals surface area contributed by atoms with E-state index in [1.165, 1.54) is 4.31 Å². The van der Waals surface area contributed by atoms with Crippen LogP contribution in [-0.4, -0.2) is 37.2 Å². The first-order chi connectivity index (χ1) is 8.42. The van der Waals surface area contributed by atoms with Crippen LogP contribution in [-0.2, 0) is 10.2 Å². The summed E-state index contributed by atoms with van der Waals surface area (Å²) in [5, 5.41) is 7.50. The highest BCUT2D eigenvalue weighted by Gasteiger charge is 2.38. The third-order valence-electron chi connectivity index (χ3n) is 3.76. The van der Waals surface area contributed by atoms with E-state index in [0.29, 0.717) is 6.54 Å². The molecule has 6 nitrogen and oxygen atoms in total. The molecule has 104 valence electrons. The second-order valence-electron chi connectivity index (χ2n) is 5.35. The van der Waals surface area contributed by atoms with E-state index >= 15 is 0 Å². The highest BCUT2D eigenvalue weighted by molar-refractivity contribution is 7.87. The zero-order valence-corrected chi connectivity index (χ0v) is 11.5. The van der Waals surface area contributed by atoms with Gasteiger partial charge in [-0.2, -0.15) is 17.4 Å². The van der Waals surface area contributed by atoms with Gasteiger partial charge in [-0.05, 0) is 38.5 Å². The molecule has 2 aliphatic rings. The largest absolute Gasteiger partial charge is 0.386 e. The van der Waals surface area contributed by atoms with Crippen LogP contribution in [0.15, 0.2) is 0 Å². The van der Waals surface area contributed by atoms with Crippen LogP contribution >= 0.6 is 0 Å². The molecule has 0 aromatic heterocycles. The Kier molecular flexibility index (Phi) is 3.93. The van der Waals surface area contributed by atoms with Gasteiger partial charge in [-0.15, -0.1) is 0 Å². The number of piperidine rings is 1. The minimum absolute atomic E-state index is 0.0306. The van der Waals surface area contributed by atoms with Gasteiger partial charge in [0.05, 0.1) is 6.04 Å². The number of rotatable bonds is 5. The molecule has 0 spiro atoms. The summed E-state index contributed by atoms with van der Waals surface area (Å²) in [6, 6.07) is -0.493. The van der Waals surface area contributed by atoms with E-state index in [0.717, 1.165) is 32.1 Å². The Labute approximate surface area is 109 Å². The van der Waals surface area contributed by atoms with Crippen molar-refractivity contribution in [3.05, 3.63) is 0 Å². The molecule has 2 fully saturated rings. The molecule has 4 N–H and O–H groups in total. The standard InChI is InChI=1S/C11H22N4O2S/c1-8-4-2-3-7-15(8)18(16,17)14-10(11(12)13)9-5-6-9/h8-10,14H,2-7H2,1H3,(H3,12,13).